The summed E-state index contributed by atoms with van der Waals surface area (Å²) in [5.74, 6) is -0.712. The van der Waals surface area contributed by atoms with Crippen LogP contribution in [-0.2, 0) is 16.4 Å². The van der Waals surface area contributed by atoms with Gasteiger partial charge in [-0.05, 0) is 30.7 Å². The molecular weight excluding hydrogens is 293 g/mol. The summed E-state index contributed by atoms with van der Waals surface area (Å²) in [5, 5.41) is 7.33. The van der Waals surface area contributed by atoms with Gasteiger partial charge in [-0.25, -0.2) is 12.8 Å². The van der Waals surface area contributed by atoms with Crippen molar-refractivity contribution in [2.45, 2.75) is 24.4 Å². The van der Waals surface area contributed by atoms with E-state index in [0.29, 0.717) is 18.7 Å². The summed E-state index contributed by atoms with van der Waals surface area (Å²) in [6, 6.07) is 5.98. The number of benzene rings is 1. The van der Waals surface area contributed by atoms with E-state index in [1.807, 2.05) is 19.2 Å². The summed E-state index contributed by atoms with van der Waals surface area (Å²) in [5.41, 5.74) is 0.709. The lowest BCUT2D eigenvalue weighted by Gasteiger charge is -2.15. The number of sulfone groups is 1. The second-order valence-corrected chi connectivity index (χ2v) is 6.89. The van der Waals surface area contributed by atoms with Crippen LogP contribution in [0.15, 0.2) is 41.6 Å². The van der Waals surface area contributed by atoms with Gasteiger partial charge < -0.3 is 5.32 Å². The molecule has 0 aliphatic carbocycles. The molecule has 0 fully saturated rings. The van der Waals surface area contributed by atoms with Crippen molar-refractivity contribution < 1.29 is 12.8 Å². The predicted octanol–water partition coefficient (Wildman–Crippen LogP) is 1.78. The van der Waals surface area contributed by atoms with E-state index in [-0.39, 0.29) is 10.9 Å². The molecule has 1 N–H and O–H groups in total. The molecule has 21 heavy (non-hydrogen) atoms. The first-order chi connectivity index (χ1) is 9.88. The highest BCUT2D eigenvalue weighted by Gasteiger charge is 2.15. The fourth-order valence-electron chi connectivity index (χ4n) is 2.03. The van der Waals surface area contributed by atoms with Gasteiger partial charge in [-0.15, -0.1) is 0 Å². The molecule has 0 radical (unpaired) electrons. The molecule has 0 aliphatic heterocycles. The van der Waals surface area contributed by atoms with Crippen LogP contribution in [0, 0.1) is 5.82 Å². The Morgan fingerprint density at radius 1 is 1.43 bits per heavy atom. The van der Waals surface area contributed by atoms with Crippen molar-refractivity contribution in [1.29, 1.82) is 0 Å². The van der Waals surface area contributed by atoms with E-state index in [9.17, 15) is 12.8 Å². The summed E-state index contributed by atoms with van der Waals surface area (Å²) < 4.78 is 38.4. The van der Waals surface area contributed by atoms with Crippen LogP contribution in [0.1, 0.15) is 18.5 Å². The lowest BCUT2D eigenvalue weighted by atomic mass is 10.1. The Hall–Kier alpha value is -1.73. The molecule has 1 heterocycles. The molecular formula is C14H18FN3O2S. The zero-order valence-corrected chi connectivity index (χ0v) is 12.8. The smallest absolute Gasteiger partial charge is 0.178 e. The Bertz CT molecular complexity index is 699. The molecule has 114 valence electrons. The van der Waals surface area contributed by atoms with Crippen molar-refractivity contribution in [2.75, 3.05) is 12.8 Å². The number of halogens is 1. The standard InChI is InChI=1S/C14H18FN3O2S/c1-11(16-7-9-18-8-3-6-17-18)12-4-5-14(13(15)10-12)21(2,19)20/h3-6,8,10-11,16H,7,9H2,1-2H3/t11-/m1/s1. The number of hydrogen-bond acceptors (Lipinski definition) is 4. The van der Waals surface area contributed by atoms with Crippen molar-refractivity contribution in [3.05, 3.63) is 48.0 Å². The van der Waals surface area contributed by atoms with Crippen LogP contribution in [0.25, 0.3) is 0 Å². The molecule has 1 atom stereocenters. The Morgan fingerprint density at radius 3 is 2.76 bits per heavy atom. The fraction of sp³-hybridized carbons (Fsp3) is 0.357. The van der Waals surface area contributed by atoms with E-state index in [0.717, 1.165) is 6.26 Å². The molecule has 0 saturated carbocycles. The number of hydrogen-bond donors (Lipinski definition) is 1. The van der Waals surface area contributed by atoms with Gasteiger partial charge in [0.25, 0.3) is 0 Å². The van der Waals surface area contributed by atoms with E-state index in [1.165, 1.54) is 12.1 Å². The molecule has 0 spiro atoms. The fourth-order valence-corrected chi connectivity index (χ4v) is 2.76. The van der Waals surface area contributed by atoms with Crippen LogP contribution in [0.4, 0.5) is 4.39 Å². The van der Waals surface area contributed by atoms with Crippen LogP contribution in [0.3, 0.4) is 0 Å². The largest absolute Gasteiger partial charge is 0.308 e. The van der Waals surface area contributed by atoms with Gasteiger partial charge in [0.2, 0.25) is 0 Å². The molecule has 0 aliphatic rings. The molecule has 1 aromatic carbocycles. The zero-order valence-electron chi connectivity index (χ0n) is 12.0. The summed E-state index contributed by atoms with van der Waals surface area (Å²) in [6.45, 7) is 3.29. The van der Waals surface area contributed by atoms with Gasteiger partial charge in [0.05, 0.1) is 6.54 Å². The van der Waals surface area contributed by atoms with Crippen molar-refractivity contribution in [3.8, 4) is 0 Å². The van der Waals surface area contributed by atoms with E-state index < -0.39 is 15.7 Å². The molecule has 0 bridgehead atoms. The van der Waals surface area contributed by atoms with Gasteiger partial charge in [-0.3, -0.25) is 4.68 Å². The van der Waals surface area contributed by atoms with E-state index in [1.54, 1.807) is 16.9 Å². The maximum absolute atomic E-state index is 13.8. The van der Waals surface area contributed by atoms with Gasteiger partial charge in [0.15, 0.2) is 9.84 Å². The van der Waals surface area contributed by atoms with Crippen LogP contribution >= 0.6 is 0 Å². The van der Waals surface area contributed by atoms with Gasteiger partial charge in [-0.2, -0.15) is 5.10 Å². The molecule has 7 heteroatoms. The Kier molecular flexibility index (Phi) is 4.74. The Morgan fingerprint density at radius 2 is 2.19 bits per heavy atom. The topological polar surface area (TPSA) is 64.0 Å². The van der Waals surface area contributed by atoms with Crippen LogP contribution in [0.5, 0.6) is 0 Å². The van der Waals surface area contributed by atoms with Crippen molar-refractivity contribution in [3.63, 3.8) is 0 Å². The number of nitrogens with one attached hydrogen (secondary N) is 1. The second-order valence-electron chi connectivity index (χ2n) is 4.91. The summed E-state index contributed by atoms with van der Waals surface area (Å²) in [6.07, 6.45) is 4.58. The first kappa shape index (κ1) is 15.7. The van der Waals surface area contributed by atoms with Gasteiger partial charge in [-0.1, -0.05) is 6.07 Å². The molecule has 0 saturated heterocycles. The third-order valence-corrected chi connectivity index (χ3v) is 4.34. The maximum atomic E-state index is 13.8. The summed E-state index contributed by atoms with van der Waals surface area (Å²) >= 11 is 0. The second kappa shape index (κ2) is 6.36. The molecule has 2 aromatic rings. The zero-order chi connectivity index (χ0) is 15.5. The quantitative estimate of drug-likeness (QED) is 0.883. The van der Waals surface area contributed by atoms with E-state index in [2.05, 4.69) is 10.4 Å². The lowest BCUT2D eigenvalue weighted by Crippen LogP contribution is -2.23. The first-order valence-electron chi connectivity index (χ1n) is 6.58. The molecule has 1 aromatic heterocycles. The summed E-state index contributed by atoms with van der Waals surface area (Å²) in [7, 11) is -3.53. The molecule has 0 unspecified atom stereocenters. The maximum Gasteiger partial charge on any atom is 0.178 e. The minimum atomic E-state index is -3.53. The average molecular weight is 311 g/mol. The normalized spacial score (nSPS) is 13.3. The highest BCUT2D eigenvalue weighted by atomic mass is 32.2. The van der Waals surface area contributed by atoms with Gasteiger partial charge in [0, 0.05) is 31.2 Å². The average Bonchev–Trinajstić information content (AvgIpc) is 2.90. The van der Waals surface area contributed by atoms with Crippen LogP contribution < -0.4 is 5.32 Å². The van der Waals surface area contributed by atoms with Crippen molar-refractivity contribution in [2.24, 2.45) is 0 Å². The minimum absolute atomic E-state index is 0.0799. The number of rotatable bonds is 6. The van der Waals surface area contributed by atoms with E-state index in [4.69, 9.17) is 0 Å². The molecule has 2 rings (SSSR count). The molecule has 0 amide bonds. The van der Waals surface area contributed by atoms with Crippen molar-refractivity contribution >= 4 is 9.84 Å². The van der Waals surface area contributed by atoms with Gasteiger partial charge >= 0.3 is 0 Å². The first-order valence-corrected chi connectivity index (χ1v) is 8.47. The third kappa shape index (κ3) is 4.12. The van der Waals surface area contributed by atoms with Crippen LogP contribution in [-0.4, -0.2) is 31.0 Å². The Labute approximate surface area is 123 Å². The highest BCUT2D eigenvalue weighted by molar-refractivity contribution is 7.90. The minimum Gasteiger partial charge on any atom is -0.308 e. The molecule has 5 nitrogen and oxygen atoms in total. The summed E-state index contributed by atoms with van der Waals surface area (Å²) in [4.78, 5) is -0.269. The number of nitrogens with zero attached hydrogens (tertiary/aromatic N) is 2. The Balaban J connectivity index is 1.99. The van der Waals surface area contributed by atoms with Gasteiger partial charge in [0.1, 0.15) is 10.7 Å². The third-order valence-electron chi connectivity index (χ3n) is 3.21. The van der Waals surface area contributed by atoms with Crippen molar-refractivity contribution in [1.82, 2.24) is 15.1 Å². The van der Waals surface area contributed by atoms with E-state index >= 15 is 0 Å². The predicted molar refractivity (Wildman–Crippen MR) is 78.2 cm³/mol. The SMILES string of the molecule is C[C@@H](NCCn1cccn1)c1ccc(S(C)(=O)=O)c(F)c1. The number of aromatic nitrogens is 2. The highest BCUT2D eigenvalue weighted by Crippen LogP contribution is 2.20. The lowest BCUT2D eigenvalue weighted by molar-refractivity contribution is 0.503. The van der Waals surface area contributed by atoms with Crippen LogP contribution in [0.2, 0.25) is 0 Å². The monoisotopic (exact) mass is 311 g/mol.